The maximum Gasteiger partial charge on any atom is 0.239 e. The van der Waals surface area contributed by atoms with E-state index >= 15 is 0 Å². The fraction of sp³-hybridized carbons (Fsp3) is 0.294. The first-order valence-electron chi connectivity index (χ1n) is 7.82. The van der Waals surface area contributed by atoms with Crippen molar-refractivity contribution in [3.05, 3.63) is 46.9 Å². The van der Waals surface area contributed by atoms with Crippen LogP contribution in [0.4, 0.5) is 5.82 Å². The van der Waals surface area contributed by atoms with E-state index in [4.69, 9.17) is 0 Å². The number of nitrogens with one attached hydrogen (secondary N) is 2. The van der Waals surface area contributed by atoms with Crippen LogP contribution in [0.1, 0.15) is 23.2 Å². The molecule has 0 aliphatic heterocycles. The van der Waals surface area contributed by atoms with Crippen LogP contribution in [0, 0.1) is 6.92 Å². The molecule has 3 aromatic heterocycles. The molecule has 0 spiro atoms. The van der Waals surface area contributed by atoms with Crippen LogP contribution in [0.2, 0.25) is 0 Å². The second kappa shape index (κ2) is 7.35. The lowest BCUT2D eigenvalue weighted by atomic mass is 10.3. The van der Waals surface area contributed by atoms with Crippen molar-refractivity contribution in [3.63, 3.8) is 0 Å². The summed E-state index contributed by atoms with van der Waals surface area (Å²) in [5, 5.41) is 6.99. The number of carbonyl (C=O) groups excluding carboxylic acids is 1. The van der Waals surface area contributed by atoms with Gasteiger partial charge in [0.1, 0.15) is 16.5 Å². The molecule has 3 aromatic rings. The molecule has 124 valence electrons. The molecule has 6 nitrogen and oxygen atoms in total. The highest BCUT2D eigenvalue weighted by Gasteiger charge is 2.11. The molecule has 7 heteroatoms. The van der Waals surface area contributed by atoms with Crippen LogP contribution in [0.15, 0.2) is 30.6 Å². The van der Waals surface area contributed by atoms with Crippen LogP contribution in [-0.2, 0) is 17.8 Å². The highest BCUT2D eigenvalue weighted by Crippen LogP contribution is 2.29. The van der Waals surface area contributed by atoms with E-state index in [2.05, 4.69) is 38.6 Å². The Kier molecular flexibility index (Phi) is 5.00. The lowest BCUT2D eigenvalue weighted by Crippen LogP contribution is -2.29. The summed E-state index contributed by atoms with van der Waals surface area (Å²) in [6.45, 7) is 4.64. The van der Waals surface area contributed by atoms with Crippen molar-refractivity contribution in [1.29, 1.82) is 0 Å². The zero-order valence-electron chi connectivity index (χ0n) is 13.7. The van der Waals surface area contributed by atoms with E-state index in [9.17, 15) is 4.79 Å². The molecule has 0 aliphatic rings. The van der Waals surface area contributed by atoms with E-state index < -0.39 is 0 Å². The summed E-state index contributed by atoms with van der Waals surface area (Å²) in [6, 6.07) is 5.85. The number of nitrogens with zero attached hydrogens (tertiary/aromatic N) is 3. The Balaban J connectivity index is 1.64. The number of carbonyl (C=O) groups is 1. The number of anilines is 1. The third kappa shape index (κ3) is 3.86. The van der Waals surface area contributed by atoms with Gasteiger partial charge in [0.25, 0.3) is 0 Å². The Morgan fingerprint density at radius 2 is 2.04 bits per heavy atom. The quantitative estimate of drug-likeness (QED) is 0.720. The molecule has 2 N–H and O–H groups in total. The highest BCUT2D eigenvalue weighted by molar-refractivity contribution is 7.18. The molecule has 0 unspecified atom stereocenters. The van der Waals surface area contributed by atoms with E-state index in [0.29, 0.717) is 18.2 Å². The average Bonchev–Trinajstić information content (AvgIpc) is 3.01. The van der Waals surface area contributed by atoms with Crippen molar-refractivity contribution in [3.8, 4) is 0 Å². The van der Waals surface area contributed by atoms with Crippen LogP contribution < -0.4 is 10.6 Å². The summed E-state index contributed by atoms with van der Waals surface area (Å²) in [4.78, 5) is 27.1. The van der Waals surface area contributed by atoms with Gasteiger partial charge in [-0.2, -0.15) is 0 Å². The van der Waals surface area contributed by atoms with Gasteiger partial charge in [0.2, 0.25) is 5.91 Å². The zero-order chi connectivity index (χ0) is 16.9. The Morgan fingerprint density at radius 3 is 2.79 bits per heavy atom. The SMILES string of the molecule is CCc1cc2c(NCC(=O)NCc3ccncc3)nc(C)nc2s1. The maximum absolute atomic E-state index is 12.0. The van der Waals surface area contributed by atoms with E-state index in [0.717, 1.165) is 22.2 Å². The van der Waals surface area contributed by atoms with Crippen LogP contribution in [0.25, 0.3) is 10.2 Å². The van der Waals surface area contributed by atoms with Gasteiger partial charge in [-0.3, -0.25) is 9.78 Å². The number of aromatic nitrogens is 3. The molecule has 0 bridgehead atoms. The first-order valence-corrected chi connectivity index (χ1v) is 8.64. The van der Waals surface area contributed by atoms with Gasteiger partial charge in [0.15, 0.2) is 0 Å². The maximum atomic E-state index is 12.0. The monoisotopic (exact) mass is 341 g/mol. The Morgan fingerprint density at radius 1 is 1.25 bits per heavy atom. The molecule has 0 aromatic carbocycles. The molecular formula is C17H19N5OS. The molecule has 0 saturated carbocycles. The van der Waals surface area contributed by atoms with Crippen molar-refractivity contribution < 1.29 is 4.79 Å². The van der Waals surface area contributed by atoms with Gasteiger partial charge < -0.3 is 10.6 Å². The molecule has 0 aliphatic carbocycles. The van der Waals surface area contributed by atoms with Gasteiger partial charge in [-0.25, -0.2) is 9.97 Å². The van der Waals surface area contributed by atoms with Gasteiger partial charge in [-0.1, -0.05) is 6.92 Å². The molecule has 0 saturated heterocycles. The summed E-state index contributed by atoms with van der Waals surface area (Å²) in [6.07, 6.45) is 4.38. The summed E-state index contributed by atoms with van der Waals surface area (Å²) < 4.78 is 0. The van der Waals surface area contributed by atoms with Gasteiger partial charge in [-0.05, 0) is 37.1 Å². The van der Waals surface area contributed by atoms with Gasteiger partial charge >= 0.3 is 0 Å². The zero-order valence-corrected chi connectivity index (χ0v) is 14.5. The van der Waals surface area contributed by atoms with Crippen LogP contribution in [0.5, 0.6) is 0 Å². The minimum Gasteiger partial charge on any atom is -0.360 e. The van der Waals surface area contributed by atoms with E-state index in [1.165, 1.54) is 4.88 Å². The second-order valence-electron chi connectivity index (χ2n) is 5.39. The predicted octanol–water partition coefficient (Wildman–Crippen LogP) is 2.69. The fourth-order valence-corrected chi connectivity index (χ4v) is 3.33. The normalized spacial score (nSPS) is 10.8. The van der Waals surface area contributed by atoms with E-state index in [-0.39, 0.29) is 12.5 Å². The molecule has 3 rings (SSSR count). The van der Waals surface area contributed by atoms with Crippen LogP contribution >= 0.6 is 11.3 Å². The standard InChI is InChI=1S/C17H19N5OS/c1-3-13-8-14-16(21-11(2)22-17(14)24-13)20-10-15(23)19-9-12-4-6-18-7-5-12/h4-8H,3,9-10H2,1-2H3,(H,19,23)(H,20,21,22). The number of hydrogen-bond acceptors (Lipinski definition) is 6. The molecular weight excluding hydrogens is 322 g/mol. The fourth-order valence-electron chi connectivity index (χ4n) is 2.31. The smallest absolute Gasteiger partial charge is 0.239 e. The third-order valence-electron chi connectivity index (χ3n) is 3.56. The van der Waals surface area contributed by atoms with Crippen molar-refractivity contribution in [2.75, 3.05) is 11.9 Å². The second-order valence-corrected chi connectivity index (χ2v) is 6.51. The first kappa shape index (κ1) is 16.3. The van der Waals surface area contributed by atoms with Crippen molar-refractivity contribution in [2.24, 2.45) is 0 Å². The lowest BCUT2D eigenvalue weighted by Gasteiger charge is -2.08. The van der Waals surface area contributed by atoms with Crippen molar-refractivity contribution >= 4 is 33.3 Å². The summed E-state index contributed by atoms with van der Waals surface area (Å²) >= 11 is 1.67. The van der Waals surface area contributed by atoms with Crippen LogP contribution in [0.3, 0.4) is 0 Å². The number of thiophene rings is 1. The minimum absolute atomic E-state index is 0.0813. The topological polar surface area (TPSA) is 79.8 Å². The lowest BCUT2D eigenvalue weighted by molar-refractivity contribution is -0.119. The van der Waals surface area contributed by atoms with Gasteiger partial charge in [-0.15, -0.1) is 11.3 Å². The first-order chi connectivity index (χ1) is 11.7. The molecule has 3 heterocycles. The highest BCUT2D eigenvalue weighted by atomic mass is 32.1. The number of rotatable bonds is 6. The molecule has 0 fully saturated rings. The number of amides is 1. The molecule has 0 radical (unpaired) electrons. The molecule has 1 amide bonds. The number of aryl methyl sites for hydroxylation is 2. The minimum atomic E-state index is -0.0813. The Labute approximate surface area is 144 Å². The summed E-state index contributed by atoms with van der Waals surface area (Å²) in [5.41, 5.74) is 1.02. The average molecular weight is 341 g/mol. The molecule has 24 heavy (non-hydrogen) atoms. The molecule has 0 atom stereocenters. The number of hydrogen-bond donors (Lipinski definition) is 2. The van der Waals surface area contributed by atoms with Gasteiger partial charge in [0.05, 0.1) is 11.9 Å². The summed E-state index contributed by atoms with van der Waals surface area (Å²) in [7, 11) is 0. The Bertz CT molecular complexity index is 847. The van der Waals surface area contributed by atoms with Crippen molar-refractivity contribution in [1.82, 2.24) is 20.3 Å². The number of fused-ring (bicyclic) bond motifs is 1. The Hall–Kier alpha value is -2.54. The summed E-state index contributed by atoms with van der Waals surface area (Å²) in [5.74, 6) is 1.33. The van der Waals surface area contributed by atoms with Crippen LogP contribution in [-0.4, -0.2) is 27.4 Å². The van der Waals surface area contributed by atoms with E-state index in [1.807, 2.05) is 19.1 Å². The predicted molar refractivity (Wildman–Crippen MR) is 96.1 cm³/mol. The van der Waals surface area contributed by atoms with Crippen molar-refractivity contribution in [2.45, 2.75) is 26.8 Å². The largest absolute Gasteiger partial charge is 0.360 e. The number of pyridine rings is 1. The third-order valence-corrected chi connectivity index (χ3v) is 4.73. The van der Waals surface area contributed by atoms with E-state index in [1.54, 1.807) is 23.7 Å². The van der Waals surface area contributed by atoms with Gasteiger partial charge in [0, 0.05) is 23.8 Å².